The van der Waals surface area contributed by atoms with Crippen LogP contribution in [0.2, 0.25) is 0 Å². The largest absolute Gasteiger partial charge is 0.360 e. The summed E-state index contributed by atoms with van der Waals surface area (Å²) in [4.78, 5) is 39.3. The maximum absolute atomic E-state index is 12.9. The molecule has 0 unspecified atom stereocenters. The van der Waals surface area contributed by atoms with Crippen molar-refractivity contribution in [1.29, 1.82) is 0 Å². The van der Waals surface area contributed by atoms with Gasteiger partial charge >= 0.3 is 0 Å². The quantitative estimate of drug-likeness (QED) is 0.169. The van der Waals surface area contributed by atoms with E-state index >= 15 is 0 Å². The number of H-pyrrole nitrogens is 1. The van der Waals surface area contributed by atoms with E-state index in [2.05, 4.69) is 38.9 Å². The van der Waals surface area contributed by atoms with Crippen molar-refractivity contribution in [1.82, 2.24) is 19.9 Å². The van der Waals surface area contributed by atoms with Gasteiger partial charge in [-0.15, -0.1) is 0 Å². The van der Waals surface area contributed by atoms with Crippen molar-refractivity contribution < 1.29 is 9.59 Å². The summed E-state index contributed by atoms with van der Waals surface area (Å²) in [6.07, 6.45) is 6.96. The summed E-state index contributed by atoms with van der Waals surface area (Å²) in [7, 11) is 3.86. The van der Waals surface area contributed by atoms with Gasteiger partial charge in [0.25, 0.3) is 5.91 Å². The number of amides is 2. The fourth-order valence-electron chi connectivity index (χ4n) is 4.41. The average Bonchev–Trinajstić information content (AvgIpc) is 3.39. The molecule has 9 heteroatoms. The van der Waals surface area contributed by atoms with Crippen LogP contribution >= 0.6 is 0 Å². The fraction of sp³-hybridized carbons (Fsp3) is 0.125. The molecule has 4 N–H and O–H groups in total. The minimum absolute atomic E-state index is 0.223. The van der Waals surface area contributed by atoms with Gasteiger partial charge in [-0.3, -0.25) is 9.59 Å². The number of aromatic nitrogens is 3. The first-order chi connectivity index (χ1) is 19.9. The van der Waals surface area contributed by atoms with Gasteiger partial charge in [0.2, 0.25) is 11.9 Å². The molecule has 0 atom stereocenters. The summed E-state index contributed by atoms with van der Waals surface area (Å²) in [5.74, 6) is -0.0404. The first-order valence-corrected chi connectivity index (χ1v) is 13.2. The molecule has 206 valence electrons. The lowest BCUT2D eigenvalue weighted by molar-refractivity contribution is -0.111. The Balaban J connectivity index is 1.23. The molecule has 0 spiro atoms. The number of aromatic amines is 1. The number of likely N-dealkylation sites (N-methyl/N-ethyl adjacent to an activating group) is 1. The maximum Gasteiger partial charge on any atom is 0.255 e. The van der Waals surface area contributed by atoms with Crippen LogP contribution in [0, 0.1) is 6.92 Å². The Morgan fingerprint density at radius 1 is 0.927 bits per heavy atom. The molecular formula is C32H31N7O2. The highest BCUT2D eigenvalue weighted by molar-refractivity contribution is 6.05. The van der Waals surface area contributed by atoms with Crippen LogP contribution in [-0.4, -0.2) is 52.3 Å². The second-order valence-electron chi connectivity index (χ2n) is 9.86. The highest BCUT2D eigenvalue weighted by atomic mass is 16.2. The topological polar surface area (TPSA) is 115 Å². The number of anilines is 4. The van der Waals surface area contributed by atoms with Crippen molar-refractivity contribution in [2.75, 3.05) is 36.6 Å². The second kappa shape index (κ2) is 12.3. The molecule has 5 rings (SSSR count). The number of nitrogens with zero attached hydrogens (tertiary/aromatic N) is 3. The molecule has 0 aliphatic heterocycles. The molecule has 3 aromatic carbocycles. The molecule has 0 radical (unpaired) electrons. The Morgan fingerprint density at radius 2 is 1.71 bits per heavy atom. The van der Waals surface area contributed by atoms with Crippen LogP contribution in [0.1, 0.15) is 15.9 Å². The molecule has 0 aliphatic carbocycles. The molecule has 0 saturated carbocycles. The van der Waals surface area contributed by atoms with Gasteiger partial charge in [0.05, 0.1) is 5.69 Å². The SMILES string of the molecule is Cc1cccc2[nH]cc(-c3ccnc(Nc4cccc(NC(=O)c5ccc(NC(=O)/C=C/CN(C)C)cc5)c4)n3)c12. The van der Waals surface area contributed by atoms with Crippen LogP contribution in [-0.2, 0) is 4.79 Å². The monoisotopic (exact) mass is 545 g/mol. The molecule has 0 fully saturated rings. The van der Waals surface area contributed by atoms with E-state index in [1.54, 1.807) is 36.5 Å². The molecule has 0 bridgehead atoms. The summed E-state index contributed by atoms with van der Waals surface area (Å²) in [6.45, 7) is 2.76. The van der Waals surface area contributed by atoms with E-state index in [9.17, 15) is 9.59 Å². The van der Waals surface area contributed by atoms with Crippen molar-refractivity contribution in [2.24, 2.45) is 0 Å². The zero-order valence-corrected chi connectivity index (χ0v) is 23.1. The lowest BCUT2D eigenvalue weighted by Gasteiger charge is -2.10. The van der Waals surface area contributed by atoms with Gasteiger partial charge in [0.1, 0.15) is 0 Å². The molecule has 0 aliphatic rings. The van der Waals surface area contributed by atoms with Gasteiger partial charge in [-0.2, -0.15) is 0 Å². The van der Waals surface area contributed by atoms with Crippen LogP contribution in [0.25, 0.3) is 22.2 Å². The van der Waals surface area contributed by atoms with Crippen molar-refractivity contribution in [3.8, 4) is 11.3 Å². The normalized spacial score (nSPS) is 11.2. The Hall–Kier alpha value is -5.28. The van der Waals surface area contributed by atoms with E-state index < -0.39 is 0 Å². The number of carbonyl (C=O) groups is 2. The fourth-order valence-corrected chi connectivity index (χ4v) is 4.41. The molecule has 2 heterocycles. The zero-order valence-electron chi connectivity index (χ0n) is 23.1. The van der Waals surface area contributed by atoms with E-state index in [0.29, 0.717) is 29.4 Å². The standard InChI is InChI=1S/C32H31N7O2/c1-21-7-4-10-28-30(21)26(20-34-28)27-16-17-33-32(38-27)37-25-9-5-8-24(19-25)36-31(41)22-12-14-23(15-13-22)35-29(40)11-6-18-39(2)3/h4-17,19-20,34H,18H2,1-3H3,(H,35,40)(H,36,41)(H,33,37,38)/b11-6+. The summed E-state index contributed by atoms with van der Waals surface area (Å²) in [6, 6.07) is 22.1. The van der Waals surface area contributed by atoms with E-state index in [0.717, 1.165) is 27.8 Å². The number of rotatable bonds is 9. The van der Waals surface area contributed by atoms with Crippen molar-refractivity contribution in [3.05, 3.63) is 108 Å². The van der Waals surface area contributed by atoms with E-state index in [4.69, 9.17) is 4.98 Å². The first kappa shape index (κ1) is 27.3. The van der Waals surface area contributed by atoms with Crippen molar-refractivity contribution in [2.45, 2.75) is 6.92 Å². The Labute approximate surface area is 238 Å². The van der Waals surface area contributed by atoms with Gasteiger partial charge < -0.3 is 25.8 Å². The van der Waals surface area contributed by atoms with E-state index in [1.165, 1.54) is 11.6 Å². The average molecular weight is 546 g/mol. The Bertz CT molecular complexity index is 1720. The number of aryl methyl sites for hydroxylation is 1. The third-order valence-corrected chi connectivity index (χ3v) is 6.38. The first-order valence-electron chi connectivity index (χ1n) is 13.2. The Morgan fingerprint density at radius 3 is 2.51 bits per heavy atom. The van der Waals surface area contributed by atoms with Gasteiger partial charge in [-0.25, -0.2) is 9.97 Å². The van der Waals surface area contributed by atoms with Crippen LogP contribution in [0.15, 0.2) is 97.3 Å². The van der Waals surface area contributed by atoms with Crippen molar-refractivity contribution in [3.63, 3.8) is 0 Å². The lowest BCUT2D eigenvalue weighted by atomic mass is 10.1. The summed E-state index contributed by atoms with van der Waals surface area (Å²) in [5.41, 5.74) is 6.47. The molecule has 41 heavy (non-hydrogen) atoms. The summed E-state index contributed by atoms with van der Waals surface area (Å²) in [5, 5.41) is 10.1. The molecule has 2 aromatic heterocycles. The molecule has 5 aromatic rings. The number of hydrogen-bond acceptors (Lipinski definition) is 6. The number of benzene rings is 3. The number of nitrogens with one attached hydrogen (secondary N) is 4. The predicted molar refractivity (Wildman–Crippen MR) is 165 cm³/mol. The second-order valence-corrected chi connectivity index (χ2v) is 9.86. The smallest absolute Gasteiger partial charge is 0.255 e. The lowest BCUT2D eigenvalue weighted by Crippen LogP contribution is -2.13. The van der Waals surface area contributed by atoms with Gasteiger partial charge in [-0.1, -0.05) is 24.3 Å². The van der Waals surface area contributed by atoms with Gasteiger partial charge in [-0.05, 0) is 81.2 Å². The number of carbonyl (C=O) groups excluding carboxylic acids is 2. The van der Waals surface area contributed by atoms with E-state index in [1.807, 2.05) is 67.7 Å². The van der Waals surface area contributed by atoms with Gasteiger partial charge in [0.15, 0.2) is 0 Å². The minimum atomic E-state index is -0.265. The van der Waals surface area contributed by atoms with Crippen LogP contribution < -0.4 is 16.0 Å². The van der Waals surface area contributed by atoms with Crippen LogP contribution in [0.3, 0.4) is 0 Å². The van der Waals surface area contributed by atoms with Crippen molar-refractivity contribution >= 4 is 45.7 Å². The molecule has 0 saturated heterocycles. The zero-order chi connectivity index (χ0) is 28.8. The highest BCUT2D eigenvalue weighted by Crippen LogP contribution is 2.30. The summed E-state index contributed by atoms with van der Waals surface area (Å²) >= 11 is 0. The molecule has 2 amide bonds. The third-order valence-electron chi connectivity index (χ3n) is 6.38. The molecule has 9 nitrogen and oxygen atoms in total. The maximum atomic E-state index is 12.9. The van der Waals surface area contributed by atoms with E-state index in [-0.39, 0.29) is 11.8 Å². The Kier molecular flexibility index (Phi) is 8.17. The van der Waals surface area contributed by atoms with Gasteiger partial charge in [0, 0.05) is 64.1 Å². The summed E-state index contributed by atoms with van der Waals surface area (Å²) < 4.78 is 0. The number of fused-ring (bicyclic) bond motifs is 1. The number of hydrogen-bond donors (Lipinski definition) is 4. The van der Waals surface area contributed by atoms with Crippen LogP contribution in [0.5, 0.6) is 0 Å². The molecular weight excluding hydrogens is 514 g/mol. The predicted octanol–water partition coefficient (Wildman–Crippen LogP) is 5.99. The highest BCUT2D eigenvalue weighted by Gasteiger charge is 2.11. The minimum Gasteiger partial charge on any atom is -0.360 e. The third kappa shape index (κ3) is 6.84. The van der Waals surface area contributed by atoms with Crippen LogP contribution in [0.4, 0.5) is 23.0 Å².